The van der Waals surface area contributed by atoms with Gasteiger partial charge in [0.2, 0.25) is 5.91 Å². The van der Waals surface area contributed by atoms with Crippen molar-refractivity contribution in [2.75, 3.05) is 12.4 Å². The number of hydrogen-bond donors (Lipinski definition) is 2. The SMILES string of the molecule is COc1ccccc1CNC(C(=O)Nc1cc(C)cc(C)c1)c1ccccc1. The highest BCUT2D eigenvalue weighted by molar-refractivity contribution is 5.95. The standard InChI is InChI=1S/C24H26N2O2/c1-17-13-18(2)15-21(14-17)26-24(27)23(19-9-5-4-6-10-19)25-16-20-11-7-8-12-22(20)28-3/h4-15,23,25H,16H2,1-3H3,(H,26,27). The van der Waals surface area contributed by atoms with Crippen LogP contribution in [0.5, 0.6) is 5.75 Å². The smallest absolute Gasteiger partial charge is 0.246 e. The van der Waals surface area contributed by atoms with Crippen molar-refractivity contribution < 1.29 is 9.53 Å². The molecule has 3 rings (SSSR count). The molecule has 0 saturated heterocycles. The van der Waals surface area contributed by atoms with Crippen molar-refractivity contribution in [3.63, 3.8) is 0 Å². The van der Waals surface area contributed by atoms with E-state index in [0.717, 1.165) is 33.7 Å². The van der Waals surface area contributed by atoms with Crippen molar-refractivity contribution in [3.8, 4) is 5.75 Å². The van der Waals surface area contributed by atoms with E-state index in [2.05, 4.69) is 16.7 Å². The first-order valence-corrected chi connectivity index (χ1v) is 9.36. The van der Waals surface area contributed by atoms with Crippen LogP contribution in [0.1, 0.15) is 28.3 Å². The van der Waals surface area contributed by atoms with E-state index < -0.39 is 6.04 Å². The largest absolute Gasteiger partial charge is 0.496 e. The summed E-state index contributed by atoms with van der Waals surface area (Å²) in [6, 6.07) is 23.1. The number of anilines is 1. The lowest BCUT2D eigenvalue weighted by Crippen LogP contribution is -2.32. The summed E-state index contributed by atoms with van der Waals surface area (Å²) in [5.41, 5.74) is 4.97. The molecule has 0 spiro atoms. The molecule has 0 aliphatic carbocycles. The van der Waals surface area contributed by atoms with Crippen LogP contribution in [-0.2, 0) is 11.3 Å². The third kappa shape index (κ3) is 4.99. The molecule has 0 bridgehead atoms. The summed E-state index contributed by atoms with van der Waals surface area (Å²) in [6.45, 7) is 4.57. The fourth-order valence-corrected chi connectivity index (χ4v) is 3.33. The summed E-state index contributed by atoms with van der Waals surface area (Å²) in [5.74, 6) is 0.711. The maximum Gasteiger partial charge on any atom is 0.246 e. The Morgan fingerprint density at radius 1 is 0.929 bits per heavy atom. The average molecular weight is 374 g/mol. The van der Waals surface area contributed by atoms with E-state index in [4.69, 9.17) is 4.74 Å². The summed E-state index contributed by atoms with van der Waals surface area (Å²) in [7, 11) is 1.65. The van der Waals surface area contributed by atoms with E-state index in [0.29, 0.717) is 6.54 Å². The van der Waals surface area contributed by atoms with Gasteiger partial charge in [0, 0.05) is 17.8 Å². The number of benzene rings is 3. The molecule has 3 aromatic rings. The van der Waals surface area contributed by atoms with Crippen molar-refractivity contribution in [2.24, 2.45) is 0 Å². The normalized spacial score (nSPS) is 11.7. The molecule has 3 aromatic carbocycles. The van der Waals surface area contributed by atoms with Crippen LogP contribution in [0.4, 0.5) is 5.69 Å². The van der Waals surface area contributed by atoms with Gasteiger partial charge in [-0.15, -0.1) is 0 Å². The molecule has 144 valence electrons. The summed E-state index contributed by atoms with van der Waals surface area (Å²) >= 11 is 0. The summed E-state index contributed by atoms with van der Waals surface area (Å²) in [5, 5.41) is 6.44. The maximum atomic E-state index is 13.1. The predicted octanol–water partition coefficient (Wildman–Crippen LogP) is 4.78. The lowest BCUT2D eigenvalue weighted by Gasteiger charge is -2.20. The van der Waals surface area contributed by atoms with E-state index in [1.54, 1.807) is 7.11 Å². The van der Waals surface area contributed by atoms with Crippen molar-refractivity contribution in [2.45, 2.75) is 26.4 Å². The minimum Gasteiger partial charge on any atom is -0.496 e. The average Bonchev–Trinajstić information content (AvgIpc) is 2.68. The van der Waals surface area contributed by atoms with Crippen molar-refractivity contribution in [3.05, 3.63) is 95.1 Å². The minimum absolute atomic E-state index is 0.0916. The van der Waals surface area contributed by atoms with E-state index >= 15 is 0 Å². The first-order chi connectivity index (χ1) is 13.6. The van der Waals surface area contributed by atoms with Gasteiger partial charge in [-0.05, 0) is 48.7 Å². The molecule has 0 aliphatic rings. The fourth-order valence-electron chi connectivity index (χ4n) is 3.33. The van der Waals surface area contributed by atoms with Gasteiger partial charge in [-0.2, -0.15) is 0 Å². The van der Waals surface area contributed by atoms with Crippen LogP contribution in [0.15, 0.2) is 72.8 Å². The number of methoxy groups -OCH3 is 1. The Kier molecular flexibility index (Phi) is 6.45. The zero-order valence-corrected chi connectivity index (χ0v) is 16.5. The van der Waals surface area contributed by atoms with Gasteiger partial charge in [-0.3, -0.25) is 10.1 Å². The quantitative estimate of drug-likeness (QED) is 0.626. The van der Waals surface area contributed by atoms with E-state index in [1.165, 1.54) is 0 Å². The molecular formula is C24H26N2O2. The highest BCUT2D eigenvalue weighted by atomic mass is 16.5. The Bertz CT molecular complexity index is 918. The number of rotatable bonds is 7. The number of para-hydroxylation sites is 1. The van der Waals surface area contributed by atoms with Crippen LogP contribution in [0.25, 0.3) is 0 Å². The molecule has 0 aliphatic heterocycles. The molecule has 0 fully saturated rings. The van der Waals surface area contributed by atoms with Gasteiger partial charge < -0.3 is 10.1 Å². The number of carbonyl (C=O) groups excluding carboxylic acids is 1. The first-order valence-electron chi connectivity index (χ1n) is 9.36. The maximum absolute atomic E-state index is 13.1. The number of hydrogen-bond acceptors (Lipinski definition) is 3. The van der Waals surface area contributed by atoms with E-state index in [9.17, 15) is 4.79 Å². The third-order valence-corrected chi connectivity index (χ3v) is 4.57. The van der Waals surface area contributed by atoms with Gasteiger partial charge in [0.25, 0.3) is 0 Å². The zero-order chi connectivity index (χ0) is 19.9. The molecular weight excluding hydrogens is 348 g/mol. The van der Waals surface area contributed by atoms with E-state index in [1.807, 2.05) is 80.6 Å². The Hall–Kier alpha value is -3.11. The monoisotopic (exact) mass is 374 g/mol. The Labute approximate surface area is 166 Å². The summed E-state index contributed by atoms with van der Waals surface area (Å²) < 4.78 is 5.43. The van der Waals surface area contributed by atoms with Crippen molar-refractivity contribution >= 4 is 11.6 Å². The second-order valence-electron chi connectivity index (χ2n) is 6.90. The van der Waals surface area contributed by atoms with Crippen molar-refractivity contribution in [1.82, 2.24) is 5.32 Å². The molecule has 0 heterocycles. The van der Waals surface area contributed by atoms with Crippen molar-refractivity contribution in [1.29, 1.82) is 0 Å². The van der Waals surface area contributed by atoms with Crippen LogP contribution in [0, 0.1) is 13.8 Å². The number of amides is 1. The second-order valence-corrected chi connectivity index (χ2v) is 6.90. The van der Waals surface area contributed by atoms with Gasteiger partial charge in [-0.25, -0.2) is 0 Å². The molecule has 1 atom stereocenters. The highest BCUT2D eigenvalue weighted by Crippen LogP contribution is 2.21. The fraction of sp³-hybridized carbons (Fsp3) is 0.208. The predicted molar refractivity (Wildman–Crippen MR) is 114 cm³/mol. The topological polar surface area (TPSA) is 50.4 Å². The molecule has 1 amide bonds. The van der Waals surface area contributed by atoms with Gasteiger partial charge in [0.05, 0.1) is 7.11 Å². The summed E-state index contributed by atoms with van der Waals surface area (Å²) in [6.07, 6.45) is 0. The minimum atomic E-state index is -0.480. The Morgan fingerprint density at radius 2 is 1.57 bits per heavy atom. The molecule has 0 radical (unpaired) electrons. The molecule has 0 saturated carbocycles. The third-order valence-electron chi connectivity index (χ3n) is 4.57. The number of carbonyl (C=O) groups is 1. The first kappa shape index (κ1) is 19.6. The molecule has 4 heteroatoms. The van der Waals surface area contributed by atoms with Crippen LogP contribution >= 0.6 is 0 Å². The number of ether oxygens (including phenoxy) is 1. The lowest BCUT2D eigenvalue weighted by molar-refractivity contribution is -0.118. The lowest BCUT2D eigenvalue weighted by atomic mass is 10.0. The Balaban J connectivity index is 1.81. The second kappa shape index (κ2) is 9.20. The van der Waals surface area contributed by atoms with Crippen LogP contribution in [0.3, 0.4) is 0 Å². The summed E-state index contributed by atoms with van der Waals surface area (Å²) in [4.78, 5) is 13.1. The molecule has 2 N–H and O–H groups in total. The molecule has 28 heavy (non-hydrogen) atoms. The highest BCUT2D eigenvalue weighted by Gasteiger charge is 2.21. The number of nitrogens with one attached hydrogen (secondary N) is 2. The van der Waals surface area contributed by atoms with E-state index in [-0.39, 0.29) is 5.91 Å². The van der Waals surface area contributed by atoms with Gasteiger partial charge >= 0.3 is 0 Å². The molecule has 4 nitrogen and oxygen atoms in total. The zero-order valence-electron chi connectivity index (χ0n) is 16.5. The van der Waals surface area contributed by atoms with Gasteiger partial charge in [0.1, 0.15) is 11.8 Å². The Morgan fingerprint density at radius 3 is 2.25 bits per heavy atom. The van der Waals surface area contributed by atoms with Gasteiger partial charge in [-0.1, -0.05) is 54.6 Å². The molecule has 0 aromatic heterocycles. The van der Waals surface area contributed by atoms with Crippen LogP contribution in [-0.4, -0.2) is 13.0 Å². The molecule has 1 unspecified atom stereocenters. The number of aryl methyl sites for hydroxylation is 2. The van der Waals surface area contributed by atoms with Gasteiger partial charge in [0.15, 0.2) is 0 Å². The van der Waals surface area contributed by atoms with Crippen LogP contribution < -0.4 is 15.4 Å². The van der Waals surface area contributed by atoms with Crippen LogP contribution in [0.2, 0.25) is 0 Å².